The van der Waals surface area contributed by atoms with Crippen LogP contribution in [0.2, 0.25) is 0 Å². The van der Waals surface area contributed by atoms with Gasteiger partial charge >= 0.3 is 0 Å². The van der Waals surface area contributed by atoms with Crippen molar-refractivity contribution in [1.82, 2.24) is 10.6 Å². The van der Waals surface area contributed by atoms with Crippen LogP contribution in [0.5, 0.6) is 17.2 Å². The van der Waals surface area contributed by atoms with Crippen LogP contribution in [-0.4, -0.2) is 53.3 Å². The van der Waals surface area contributed by atoms with Crippen molar-refractivity contribution in [3.63, 3.8) is 0 Å². The van der Waals surface area contributed by atoms with E-state index in [4.69, 9.17) is 14.2 Å². The molecular formula is C23H30N4O4. The molecule has 0 saturated heterocycles. The summed E-state index contributed by atoms with van der Waals surface area (Å²) in [5, 5.41) is 6.33. The van der Waals surface area contributed by atoms with Crippen LogP contribution < -0.4 is 29.7 Å². The molecule has 3 rings (SSSR count). The van der Waals surface area contributed by atoms with Gasteiger partial charge in [0.15, 0.2) is 17.5 Å². The summed E-state index contributed by atoms with van der Waals surface area (Å²) in [5.41, 5.74) is 3.14. The van der Waals surface area contributed by atoms with Crippen molar-refractivity contribution < 1.29 is 19.0 Å². The smallest absolute Gasteiger partial charge is 0.246 e. The first-order chi connectivity index (χ1) is 15.1. The summed E-state index contributed by atoms with van der Waals surface area (Å²) in [5.74, 6) is 2.26. The number of ether oxygens (including phenoxy) is 3. The Labute approximate surface area is 183 Å². The van der Waals surface area contributed by atoms with Crippen molar-refractivity contribution in [2.75, 3.05) is 46.4 Å². The fraction of sp³-hybridized carbons (Fsp3) is 0.391. The fourth-order valence-corrected chi connectivity index (χ4v) is 3.69. The normalized spacial score (nSPS) is 13.3. The highest BCUT2D eigenvalue weighted by atomic mass is 16.5. The second-order valence-electron chi connectivity index (χ2n) is 7.09. The summed E-state index contributed by atoms with van der Waals surface area (Å²) in [6.45, 7) is 1.36. The van der Waals surface area contributed by atoms with Crippen LogP contribution in [0.4, 0.5) is 5.69 Å². The number of amides is 1. The molecule has 31 heavy (non-hydrogen) atoms. The van der Waals surface area contributed by atoms with E-state index in [1.807, 2.05) is 35.2 Å². The quantitative estimate of drug-likeness (QED) is 0.522. The lowest BCUT2D eigenvalue weighted by atomic mass is 10.0. The summed E-state index contributed by atoms with van der Waals surface area (Å²) in [6, 6.07) is 11.8. The Morgan fingerprint density at radius 3 is 2.42 bits per heavy atom. The van der Waals surface area contributed by atoms with E-state index >= 15 is 0 Å². The SMILES string of the molecule is CN=C(NCC(=O)N1CCCc2ccccc21)NCc1cc(OC)c(OC)c(OC)c1. The average Bonchev–Trinajstić information content (AvgIpc) is 2.82. The van der Waals surface area contributed by atoms with Crippen molar-refractivity contribution >= 4 is 17.6 Å². The van der Waals surface area contributed by atoms with Crippen molar-refractivity contribution in [2.24, 2.45) is 4.99 Å². The van der Waals surface area contributed by atoms with E-state index in [0.717, 1.165) is 30.6 Å². The molecule has 1 amide bonds. The predicted molar refractivity (Wildman–Crippen MR) is 121 cm³/mol. The first-order valence-electron chi connectivity index (χ1n) is 10.2. The van der Waals surface area contributed by atoms with Crippen LogP contribution in [0, 0.1) is 0 Å². The molecule has 0 radical (unpaired) electrons. The molecular weight excluding hydrogens is 396 g/mol. The summed E-state index contributed by atoms with van der Waals surface area (Å²) in [4.78, 5) is 18.9. The zero-order chi connectivity index (χ0) is 22.2. The number of hydrogen-bond donors (Lipinski definition) is 2. The van der Waals surface area contributed by atoms with Gasteiger partial charge in [0.1, 0.15) is 0 Å². The Morgan fingerprint density at radius 1 is 1.06 bits per heavy atom. The van der Waals surface area contributed by atoms with Crippen molar-refractivity contribution in [1.29, 1.82) is 0 Å². The molecule has 8 nitrogen and oxygen atoms in total. The van der Waals surface area contributed by atoms with E-state index < -0.39 is 0 Å². The summed E-state index contributed by atoms with van der Waals surface area (Å²) < 4.78 is 16.2. The van der Waals surface area contributed by atoms with Crippen LogP contribution in [0.25, 0.3) is 0 Å². The highest BCUT2D eigenvalue weighted by Crippen LogP contribution is 2.38. The van der Waals surface area contributed by atoms with Crippen LogP contribution in [0.1, 0.15) is 17.5 Å². The molecule has 166 valence electrons. The largest absolute Gasteiger partial charge is 0.493 e. The Morgan fingerprint density at radius 2 is 1.77 bits per heavy atom. The van der Waals surface area contributed by atoms with Gasteiger partial charge in [0.25, 0.3) is 0 Å². The van der Waals surface area contributed by atoms with E-state index in [2.05, 4.69) is 21.7 Å². The standard InChI is InChI=1S/C23H30N4O4/c1-24-23(25-14-16-12-19(29-2)22(31-4)20(13-16)30-3)26-15-21(28)27-11-7-9-17-8-5-6-10-18(17)27/h5-6,8,10,12-13H,7,9,11,14-15H2,1-4H3,(H2,24,25,26). The lowest BCUT2D eigenvalue weighted by molar-refractivity contribution is -0.117. The van der Waals surface area contributed by atoms with Crippen molar-refractivity contribution in [3.8, 4) is 17.2 Å². The van der Waals surface area contributed by atoms with Gasteiger partial charge in [0.05, 0.1) is 27.9 Å². The van der Waals surface area contributed by atoms with Gasteiger partial charge in [-0.25, -0.2) is 0 Å². The lowest BCUT2D eigenvalue weighted by Crippen LogP contribution is -2.45. The number of nitrogens with one attached hydrogen (secondary N) is 2. The third-order valence-corrected chi connectivity index (χ3v) is 5.23. The number of aliphatic imine (C=N–C) groups is 1. The number of anilines is 1. The maximum Gasteiger partial charge on any atom is 0.246 e. The Kier molecular flexibility index (Phi) is 7.59. The van der Waals surface area contributed by atoms with Crippen molar-refractivity contribution in [3.05, 3.63) is 47.5 Å². The molecule has 1 aliphatic heterocycles. The molecule has 2 aromatic carbocycles. The minimum Gasteiger partial charge on any atom is -0.493 e. The molecule has 0 unspecified atom stereocenters. The number of carbonyl (C=O) groups is 1. The van der Waals surface area contributed by atoms with E-state index in [-0.39, 0.29) is 12.5 Å². The maximum atomic E-state index is 12.8. The van der Waals surface area contributed by atoms with E-state index in [1.54, 1.807) is 28.4 Å². The lowest BCUT2D eigenvalue weighted by Gasteiger charge is -2.29. The molecule has 0 bridgehead atoms. The van der Waals surface area contributed by atoms with Crippen LogP contribution in [-0.2, 0) is 17.8 Å². The molecule has 2 aromatic rings. The number of fused-ring (bicyclic) bond motifs is 1. The van der Waals surface area contributed by atoms with Gasteiger partial charge in [-0.15, -0.1) is 0 Å². The number of hydrogen-bond acceptors (Lipinski definition) is 5. The van der Waals surface area contributed by atoms with Gasteiger partial charge < -0.3 is 29.7 Å². The molecule has 2 N–H and O–H groups in total. The molecule has 0 atom stereocenters. The average molecular weight is 427 g/mol. The van der Waals surface area contributed by atoms with Gasteiger partial charge in [0, 0.05) is 25.8 Å². The van der Waals surface area contributed by atoms with Gasteiger partial charge in [-0.3, -0.25) is 9.79 Å². The summed E-state index contributed by atoms with van der Waals surface area (Å²) >= 11 is 0. The molecule has 0 spiro atoms. The predicted octanol–water partition coefficient (Wildman–Crippen LogP) is 2.36. The van der Waals surface area contributed by atoms with Crippen LogP contribution >= 0.6 is 0 Å². The highest BCUT2D eigenvalue weighted by Gasteiger charge is 2.22. The number of para-hydroxylation sites is 1. The minimum absolute atomic E-state index is 0.0166. The first-order valence-corrected chi connectivity index (χ1v) is 10.2. The Balaban J connectivity index is 1.60. The molecule has 0 fully saturated rings. The molecule has 1 aliphatic rings. The topological polar surface area (TPSA) is 84.4 Å². The second-order valence-corrected chi connectivity index (χ2v) is 7.09. The van der Waals surface area contributed by atoms with E-state index in [9.17, 15) is 4.79 Å². The number of guanidine groups is 1. The fourth-order valence-electron chi connectivity index (χ4n) is 3.69. The van der Waals surface area contributed by atoms with Gasteiger partial charge in [-0.05, 0) is 42.2 Å². The Bertz CT molecular complexity index is 920. The van der Waals surface area contributed by atoms with Gasteiger partial charge in [0.2, 0.25) is 11.7 Å². The van der Waals surface area contributed by atoms with Crippen LogP contribution in [0.3, 0.4) is 0 Å². The number of aryl methyl sites for hydroxylation is 1. The third kappa shape index (κ3) is 5.20. The Hall–Kier alpha value is -3.42. The van der Waals surface area contributed by atoms with Crippen LogP contribution in [0.15, 0.2) is 41.4 Å². The van der Waals surface area contributed by atoms with Gasteiger partial charge in [-0.2, -0.15) is 0 Å². The molecule has 0 aliphatic carbocycles. The minimum atomic E-state index is 0.0166. The number of methoxy groups -OCH3 is 3. The van der Waals surface area contributed by atoms with Crippen molar-refractivity contribution in [2.45, 2.75) is 19.4 Å². The summed E-state index contributed by atoms with van der Waals surface area (Å²) in [6.07, 6.45) is 1.97. The maximum absolute atomic E-state index is 12.8. The monoisotopic (exact) mass is 426 g/mol. The number of nitrogens with zero attached hydrogens (tertiary/aromatic N) is 2. The summed E-state index contributed by atoms with van der Waals surface area (Å²) in [7, 11) is 6.41. The number of carbonyl (C=O) groups excluding carboxylic acids is 1. The zero-order valence-corrected chi connectivity index (χ0v) is 18.5. The number of benzene rings is 2. The molecule has 8 heteroatoms. The molecule has 0 saturated carbocycles. The second kappa shape index (κ2) is 10.6. The van der Waals surface area contributed by atoms with E-state index in [1.165, 1.54) is 5.56 Å². The third-order valence-electron chi connectivity index (χ3n) is 5.23. The first kappa shape index (κ1) is 22.3. The highest BCUT2D eigenvalue weighted by molar-refractivity contribution is 5.98. The number of rotatable bonds is 7. The van der Waals surface area contributed by atoms with E-state index in [0.29, 0.717) is 29.8 Å². The van der Waals surface area contributed by atoms with Gasteiger partial charge in [-0.1, -0.05) is 18.2 Å². The molecule has 0 aromatic heterocycles. The molecule has 1 heterocycles. The zero-order valence-electron chi connectivity index (χ0n) is 18.5.